The van der Waals surface area contributed by atoms with Crippen molar-refractivity contribution in [2.24, 2.45) is 5.14 Å². The lowest BCUT2D eigenvalue weighted by atomic mass is 9.99. The number of hydrogen-bond acceptors (Lipinski definition) is 22. The lowest BCUT2D eigenvalue weighted by molar-refractivity contribution is -0.668. The number of aliphatic carboxylic acids is 1. The van der Waals surface area contributed by atoms with Gasteiger partial charge in [-0.1, -0.05) is 23.0 Å². The highest BCUT2D eigenvalue weighted by Gasteiger charge is 2.50. The van der Waals surface area contributed by atoms with Gasteiger partial charge in [-0.2, -0.15) is 8.42 Å². The third-order valence-electron chi connectivity index (χ3n) is 12.6. The zero-order valence-corrected chi connectivity index (χ0v) is 42.1. The van der Waals surface area contributed by atoms with Crippen LogP contribution in [0.5, 0.6) is 5.75 Å². The highest BCUT2D eigenvalue weighted by molar-refractivity contribution is 7.84. The SMILES string of the molecule is C#Cc1cccc(Nc2nc[n+](Cc3ccc(O[C@@H]4O[C@H](C(=O)O)[C@@H](O)[C@H](O)[C@H]4O)c(NC(=O)CCNC(=O)CCOCCOCCOCCN4C(=O)C5=C(C5)C4=O)c3)c3c2ncn3[C@@H]2O[C@H](COS(N)(=O)=O)[C@@H](O)[C@H]2O)c1. The van der Waals surface area contributed by atoms with Crippen LogP contribution in [0.4, 0.5) is 17.2 Å². The van der Waals surface area contributed by atoms with Crippen molar-refractivity contribution in [3.8, 4) is 18.1 Å². The Hall–Kier alpha value is -7.09. The number of ether oxygens (including phenoxy) is 6. The van der Waals surface area contributed by atoms with Crippen molar-refractivity contribution in [3.63, 3.8) is 0 Å². The van der Waals surface area contributed by atoms with Gasteiger partial charge in [-0.25, -0.2) is 24.1 Å². The Labute approximate surface area is 443 Å². The summed E-state index contributed by atoms with van der Waals surface area (Å²) in [6, 6.07) is 11.1. The largest absolute Gasteiger partial charge is 0.479 e. The molecule has 4 aliphatic rings. The number of carbonyl (C=O) groups excluding carboxylic acids is 4. The normalized spacial score (nSPS) is 23.8. The molecule has 2 saturated heterocycles. The first-order chi connectivity index (χ1) is 37.3. The summed E-state index contributed by atoms with van der Waals surface area (Å²) in [5, 5.41) is 76.8. The minimum absolute atomic E-state index is 0.0397. The van der Waals surface area contributed by atoms with Gasteiger partial charge in [-0.3, -0.25) is 28.3 Å². The van der Waals surface area contributed by atoms with Gasteiger partial charge in [0.1, 0.15) is 42.4 Å². The van der Waals surface area contributed by atoms with Gasteiger partial charge in [-0.05, 0) is 35.9 Å². The summed E-state index contributed by atoms with van der Waals surface area (Å²) in [5.41, 5.74) is 3.00. The molecule has 0 unspecified atom stereocenters. The molecule has 4 amide bonds. The Morgan fingerprint density at radius 3 is 2.28 bits per heavy atom. The lowest BCUT2D eigenvalue weighted by Crippen LogP contribution is -2.61. The Kier molecular flexibility index (Phi) is 18.4. The molecule has 11 N–H and O–H groups in total. The Morgan fingerprint density at radius 1 is 0.859 bits per heavy atom. The molecule has 0 saturated carbocycles. The number of piperidine rings is 1. The van der Waals surface area contributed by atoms with Crippen LogP contribution in [0.15, 0.2) is 66.3 Å². The molecular formula is C48H56N9O20S+. The van der Waals surface area contributed by atoms with E-state index < -0.39 is 89.9 Å². The average Bonchev–Trinajstić information content (AvgIpc) is 3.98. The number of terminal acetylenes is 1. The number of amides is 4. The van der Waals surface area contributed by atoms with Gasteiger partial charge in [-0.15, -0.1) is 6.42 Å². The predicted molar refractivity (Wildman–Crippen MR) is 263 cm³/mol. The monoisotopic (exact) mass is 1110 g/mol. The first-order valence-corrected chi connectivity index (χ1v) is 25.7. The molecule has 418 valence electrons. The van der Waals surface area contributed by atoms with E-state index in [0.29, 0.717) is 34.4 Å². The molecule has 2 aromatic heterocycles. The molecule has 2 fully saturated rings. The number of carboxylic acid groups (broad SMARTS) is 1. The average molecular weight is 1110 g/mol. The van der Waals surface area contributed by atoms with Crippen LogP contribution in [0.25, 0.3) is 11.2 Å². The van der Waals surface area contributed by atoms with Crippen molar-refractivity contribution < 1.29 is 100 Å². The fourth-order valence-corrected chi connectivity index (χ4v) is 8.84. The van der Waals surface area contributed by atoms with Crippen LogP contribution in [0, 0.1) is 12.3 Å². The molecule has 0 bridgehead atoms. The molecule has 2 aromatic carbocycles. The summed E-state index contributed by atoms with van der Waals surface area (Å²) in [6.45, 7) is 0.257. The number of imide groups is 1. The molecule has 30 heteroatoms. The van der Waals surface area contributed by atoms with Crippen molar-refractivity contribution in [3.05, 3.63) is 77.4 Å². The van der Waals surface area contributed by atoms with E-state index in [2.05, 4.69) is 36.0 Å². The summed E-state index contributed by atoms with van der Waals surface area (Å²) < 4.78 is 64.2. The maximum atomic E-state index is 13.5. The van der Waals surface area contributed by atoms with Gasteiger partial charge in [0.05, 0.1) is 65.0 Å². The first kappa shape index (κ1) is 57.1. The topological polar surface area (TPSA) is 405 Å². The summed E-state index contributed by atoms with van der Waals surface area (Å²) in [4.78, 5) is 72.3. The standard InChI is InChI=1S/C48H55N9O20S/c1-2-25-4-3-5-27(18-25)53-42-35-43(57(24-51-35)46-39(63)36(60)32(75-46)22-74-78(49,69)70)55(23-52-42)21-26-6-7-31(76-48-40(64)37(61)38(62)41(77-48)47(67)68)30(19-26)54-34(59)8-10-50-33(58)9-12-71-14-16-73-17-15-72-13-11-56-44(65)28-20-29(28)45(56)66/h1,3-7,18-19,23-24,32,36-41,46,48,60-64H,8-17,20-22H2,(H5,49,50,54,58,59,67,68,69,70)/p+1/t32-,36-,37+,38+,39-,40-,41+,46-,48-/m1/s1. The number of nitrogens with two attached hydrogens (primary N) is 1. The molecule has 8 rings (SSSR count). The van der Waals surface area contributed by atoms with Gasteiger partial charge < -0.3 is 75.0 Å². The van der Waals surface area contributed by atoms with Gasteiger partial charge in [0.15, 0.2) is 17.9 Å². The molecular weight excluding hydrogens is 1050 g/mol. The van der Waals surface area contributed by atoms with Crippen molar-refractivity contribution in [1.29, 1.82) is 0 Å². The van der Waals surface area contributed by atoms with Gasteiger partial charge in [0.25, 0.3) is 17.5 Å². The number of carboxylic acids is 1. The Morgan fingerprint density at radius 2 is 1.58 bits per heavy atom. The van der Waals surface area contributed by atoms with Crippen molar-refractivity contribution in [2.75, 3.05) is 70.0 Å². The maximum absolute atomic E-state index is 13.5. The van der Waals surface area contributed by atoms with Gasteiger partial charge in [0, 0.05) is 48.2 Å². The van der Waals surface area contributed by atoms with E-state index in [4.69, 9.17) is 40.0 Å². The van der Waals surface area contributed by atoms with E-state index in [-0.39, 0.29) is 112 Å². The van der Waals surface area contributed by atoms with Crippen LogP contribution < -0.4 is 30.4 Å². The highest BCUT2D eigenvalue weighted by Crippen LogP contribution is 2.40. The number of aromatic nitrogens is 4. The molecule has 0 spiro atoms. The smallest absolute Gasteiger partial charge is 0.335 e. The molecule has 0 radical (unpaired) electrons. The second-order valence-corrected chi connectivity index (χ2v) is 19.3. The summed E-state index contributed by atoms with van der Waals surface area (Å²) in [6.07, 6.45) is -7.53. The maximum Gasteiger partial charge on any atom is 0.335 e. The number of anilines is 3. The fraction of sp³-hybridized carbons (Fsp3) is 0.458. The number of likely N-dealkylation sites (tertiary alicyclic amines) is 1. The highest BCUT2D eigenvalue weighted by atomic mass is 32.2. The van der Waals surface area contributed by atoms with Crippen LogP contribution >= 0.6 is 0 Å². The fourth-order valence-electron chi connectivity index (χ4n) is 8.51. The van der Waals surface area contributed by atoms with E-state index in [1.807, 2.05) is 0 Å². The zero-order chi connectivity index (χ0) is 55.8. The molecule has 78 heavy (non-hydrogen) atoms. The Balaban J connectivity index is 0.923. The second kappa shape index (κ2) is 25.1. The minimum atomic E-state index is -4.46. The molecule has 5 heterocycles. The van der Waals surface area contributed by atoms with Gasteiger partial charge >= 0.3 is 16.3 Å². The van der Waals surface area contributed by atoms with Crippen LogP contribution in [0.1, 0.15) is 36.6 Å². The van der Waals surface area contributed by atoms with E-state index in [1.165, 1.54) is 40.3 Å². The summed E-state index contributed by atoms with van der Waals surface area (Å²) >= 11 is 0. The number of nitrogens with zero attached hydrogens (tertiary/aromatic N) is 5. The van der Waals surface area contributed by atoms with Crippen LogP contribution in [0.3, 0.4) is 0 Å². The quantitative estimate of drug-likeness (QED) is 0.0120. The third-order valence-corrected chi connectivity index (χ3v) is 13.0. The van der Waals surface area contributed by atoms with Gasteiger partial charge in [0.2, 0.25) is 36.5 Å². The molecule has 29 nitrogen and oxygen atoms in total. The number of hydrogen-bond donors (Lipinski definition) is 10. The minimum Gasteiger partial charge on any atom is -0.479 e. The number of imidazole rings is 1. The number of carbonyl (C=O) groups is 5. The van der Waals surface area contributed by atoms with Crippen LogP contribution in [-0.4, -0.2) is 196 Å². The number of aliphatic hydroxyl groups excluding tert-OH is 5. The zero-order valence-electron chi connectivity index (χ0n) is 41.3. The number of benzene rings is 2. The second-order valence-electron chi connectivity index (χ2n) is 18.0. The summed E-state index contributed by atoms with van der Waals surface area (Å²) in [7, 11) is -4.46. The number of rotatable bonds is 27. The van der Waals surface area contributed by atoms with Crippen molar-refractivity contribution >= 4 is 68.3 Å². The molecule has 1 aliphatic carbocycles. The number of fused-ring (bicyclic) bond motifs is 1. The van der Waals surface area contributed by atoms with E-state index >= 15 is 0 Å². The van der Waals surface area contributed by atoms with E-state index in [9.17, 15) is 63.0 Å². The number of aliphatic hydroxyl groups is 5. The van der Waals surface area contributed by atoms with Crippen LogP contribution in [-0.2, 0) is 68.7 Å². The number of nitrogens with one attached hydrogen (secondary N) is 3. The molecule has 4 aromatic rings. The molecule has 9 atom stereocenters. The summed E-state index contributed by atoms with van der Waals surface area (Å²) in [5.74, 6) is -0.702. The first-order valence-electron chi connectivity index (χ1n) is 24.2. The van der Waals surface area contributed by atoms with Crippen molar-refractivity contribution in [1.82, 2.24) is 24.8 Å². The van der Waals surface area contributed by atoms with E-state index in [0.717, 1.165) is 0 Å². The lowest BCUT2D eigenvalue weighted by Gasteiger charge is -2.38. The third kappa shape index (κ3) is 13.8. The Bertz CT molecular complexity index is 3070. The van der Waals surface area contributed by atoms with Crippen LogP contribution in [0.2, 0.25) is 0 Å². The van der Waals surface area contributed by atoms with Crippen molar-refractivity contribution in [2.45, 2.75) is 81.1 Å². The predicted octanol–water partition coefficient (Wildman–Crippen LogP) is -3.44. The molecule has 3 aliphatic heterocycles. The van der Waals surface area contributed by atoms with E-state index in [1.54, 1.807) is 28.8 Å².